The van der Waals surface area contributed by atoms with Gasteiger partial charge < -0.3 is 19.8 Å². The molecule has 1 aromatic carbocycles. The molecule has 128 valence electrons. The van der Waals surface area contributed by atoms with Gasteiger partial charge in [-0.2, -0.15) is 0 Å². The Bertz CT molecular complexity index is 849. The minimum atomic E-state index is -0.531. The van der Waals surface area contributed by atoms with Crippen molar-refractivity contribution in [3.8, 4) is 5.75 Å². The number of furan rings is 1. The third kappa shape index (κ3) is 3.83. The van der Waals surface area contributed by atoms with Gasteiger partial charge >= 0.3 is 5.69 Å². The Labute approximate surface area is 142 Å². The summed E-state index contributed by atoms with van der Waals surface area (Å²) >= 11 is 0. The fraction of sp³-hybridized carbons (Fsp3) is 0.125. The zero-order valence-electron chi connectivity index (χ0n) is 13.3. The van der Waals surface area contributed by atoms with Gasteiger partial charge in [-0.1, -0.05) is 0 Å². The second-order valence-corrected chi connectivity index (χ2v) is 4.96. The molecule has 0 aliphatic heterocycles. The predicted octanol–water partition coefficient (Wildman–Crippen LogP) is 3.34. The molecule has 0 atom stereocenters. The van der Waals surface area contributed by atoms with Crippen LogP contribution in [0.4, 0.5) is 23.0 Å². The van der Waals surface area contributed by atoms with Gasteiger partial charge in [-0.3, -0.25) is 10.1 Å². The van der Waals surface area contributed by atoms with Crippen molar-refractivity contribution in [2.24, 2.45) is 0 Å². The molecule has 0 saturated carbocycles. The molecule has 0 saturated heterocycles. The standard InChI is InChI=1S/C16H15N5O4/c1-24-12-6-4-11(5-7-12)20-16-14(21(22)23)15(18-10-19-16)17-9-13-3-2-8-25-13/h2-8,10H,9H2,1H3,(H2,17,18,19,20). The number of hydrogen-bond acceptors (Lipinski definition) is 8. The van der Waals surface area contributed by atoms with E-state index in [-0.39, 0.29) is 23.9 Å². The Morgan fingerprint density at radius 1 is 1.20 bits per heavy atom. The van der Waals surface area contributed by atoms with Crippen molar-refractivity contribution in [2.45, 2.75) is 6.54 Å². The summed E-state index contributed by atoms with van der Waals surface area (Å²) in [7, 11) is 1.56. The molecule has 9 nitrogen and oxygen atoms in total. The van der Waals surface area contributed by atoms with Gasteiger partial charge in [-0.05, 0) is 36.4 Å². The van der Waals surface area contributed by atoms with Gasteiger partial charge in [-0.25, -0.2) is 9.97 Å². The summed E-state index contributed by atoms with van der Waals surface area (Å²) in [5, 5.41) is 17.3. The van der Waals surface area contributed by atoms with Crippen molar-refractivity contribution in [1.29, 1.82) is 0 Å². The Morgan fingerprint density at radius 3 is 2.60 bits per heavy atom. The van der Waals surface area contributed by atoms with E-state index in [4.69, 9.17) is 9.15 Å². The lowest BCUT2D eigenvalue weighted by molar-refractivity contribution is -0.383. The highest BCUT2D eigenvalue weighted by atomic mass is 16.6. The van der Waals surface area contributed by atoms with Gasteiger partial charge in [0.05, 0.1) is 24.8 Å². The Hall–Kier alpha value is -3.62. The fourth-order valence-electron chi connectivity index (χ4n) is 2.17. The molecule has 2 N–H and O–H groups in total. The molecule has 9 heteroatoms. The Kier molecular flexibility index (Phi) is 4.74. The van der Waals surface area contributed by atoms with Gasteiger partial charge in [0.2, 0.25) is 11.6 Å². The van der Waals surface area contributed by atoms with Crippen LogP contribution >= 0.6 is 0 Å². The van der Waals surface area contributed by atoms with Crippen molar-refractivity contribution in [3.63, 3.8) is 0 Å². The quantitative estimate of drug-likeness (QED) is 0.496. The average Bonchev–Trinajstić information content (AvgIpc) is 3.14. The molecular formula is C16H15N5O4. The minimum Gasteiger partial charge on any atom is -0.497 e. The van der Waals surface area contributed by atoms with Crippen LogP contribution in [0.3, 0.4) is 0 Å². The van der Waals surface area contributed by atoms with Gasteiger partial charge in [0, 0.05) is 5.69 Å². The Morgan fingerprint density at radius 2 is 1.96 bits per heavy atom. The molecule has 0 bridgehead atoms. The van der Waals surface area contributed by atoms with Crippen LogP contribution in [-0.4, -0.2) is 22.0 Å². The summed E-state index contributed by atoms with van der Waals surface area (Å²) in [6.07, 6.45) is 2.78. The molecule has 0 aliphatic carbocycles. The summed E-state index contributed by atoms with van der Waals surface area (Å²) in [6.45, 7) is 0.271. The van der Waals surface area contributed by atoms with E-state index in [1.807, 2.05) is 0 Å². The highest BCUT2D eigenvalue weighted by Crippen LogP contribution is 2.31. The average molecular weight is 341 g/mol. The number of rotatable bonds is 7. The second kappa shape index (κ2) is 7.30. The van der Waals surface area contributed by atoms with Crippen LogP contribution in [0.5, 0.6) is 5.75 Å². The maximum atomic E-state index is 11.5. The summed E-state index contributed by atoms with van der Waals surface area (Å²) < 4.78 is 10.3. The number of nitro groups is 1. The van der Waals surface area contributed by atoms with E-state index in [9.17, 15) is 10.1 Å². The lowest BCUT2D eigenvalue weighted by Crippen LogP contribution is -2.08. The SMILES string of the molecule is COc1ccc(Nc2ncnc(NCc3ccco3)c2[N+](=O)[O-])cc1. The second-order valence-electron chi connectivity index (χ2n) is 4.96. The molecule has 2 aromatic heterocycles. The van der Waals surface area contributed by atoms with Gasteiger partial charge in [0.1, 0.15) is 17.8 Å². The maximum absolute atomic E-state index is 11.5. The first-order valence-electron chi connectivity index (χ1n) is 7.34. The largest absolute Gasteiger partial charge is 0.497 e. The smallest absolute Gasteiger partial charge is 0.353 e. The van der Waals surface area contributed by atoms with E-state index in [1.54, 1.807) is 43.5 Å². The molecule has 0 radical (unpaired) electrons. The number of aromatic nitrogens is 2. The first-order chi connectivity index (χ1) is 12.2. The van der Waals surface area contributed by atoms with Crippen molar-refractivity contribution < 1.29 is 14.1 Å². The van der Waals surface area contributed by atoms with Crippen LogP contribution in [0.1, 0.15) is 5.76 Å². The molecule has 3 aromatic rings. The molecule has 2 heterocycles. The van der Waals surface area contributed by atoms with Crippen molar-refractivity contribution in [3.05, 3.63) is 64.9 Å². The zero-order valence-corrected chi connectivity index (χ0v) is 13.3. The lowest BCUT2D eigenvalue weighted by atomic mass is 10.3. The van der Waals surface area contributed by atoms with E-state index in [2.05, 4.69) is 20.6 Å². The van der Waals surface area contributed by atoms with Crippen molar-refractivity contribution in [2.75, 3.05) is 17.7 Å². The van der Waals surface area contributed by atoms with E-state index >= 15 is 0 Å². The molecular weight excluding hydrogens is 326 g/mol. The van der Waals surface area contributed by atoms with E-state index in [0.29, 0.717) is 17.2 Å². The number of hydrogen-bond donors (Lipinski definition) is 2. The third-order valence-electron chi connectivity index (χ3n) is 3.37. The first-order valence-corrected chi connectivity index (χ1v) is 7.34. The highest BCUT2D eigenvalue weighted by molar-refractivity contribution is 5.73. The Balaban J connectivity index is 1.84. The summed E-state index contributed by atoms with van der Waals surface area (Å²) in [4.78, 5) is 18.9. The summed E-state index contributed by atoms with van der Waals surface area (Å²) in [5.74, 6) is 1.51. The van der Waals surface area contributed by atoms with Crippen molar-refractivity contribution in [1.82, 2.24) is 9.97 Å². The van der Waals surface area contributed by atoms with Crippen LogP contribution in [0.2, 0.25) is 0 Å². The maximum Gasteiger partial charge on any atom is 0.353 e. The molecule has 0 spiro atoms. The van der Waals surface area contributed by atoms with Crippen LogP contribution in [0.25, 0.3) is 0 Å². The van der Waals surface area contributed by atoms with Crippen LogP contribution in [0.15, 0.2) is 53.4 Å². The highest BCUT2D eigenvalue weighted by Gasteiger charge is 2.23. The third-order valence-corrected chi connectivity index (χ3v) is 3.37. The van der Waals surface area contributed by atoms with Crippen LogP contribution in [0, 0.1) is 10.1 Å². The molecule has 0 amide bonds. The van der Waals surface area contributed by atoms with E-state index in [0.717, 1.165) is 0 Å². The number of nitrogens with zero attached hydrogens (tertiary/aromatic N) is 3. The monoisotopic (exact) mass is 341 g/mol. The molecule has 25 heavy (non-hydrogen) atoms. The zero-order chi connectivity index (χ0) is 17.6. The first kappa shape index (κ1) is 16.2. The minimum absolute atomic E-state index is 0.0899. The molecule has 0 fully saturated rings. The number of nitrogens with one attached hydrogen (secondary N) is 2. The van der Waals surface area contributed by atoms with Gasteiger partial charge in [-0.15, -0.1) is 0 Å². The lowest BCUT2D eigenvalue weighted by Gasteiger charge is -2.10. The number of ether oxygens (including phenoxy) is 1. The van der Waals surface area contributed by atoms with Crippen molar-refractivity contribution >= 4 is 23.0 Å². The van der Waals surface area contributed by atoms with Crippen LogP contribution in [-0.2, 0) is 6.54 Å². The number of methoxy groups -OCH3 is 1. The fourth-order valence-corrected chi connectivity index (χ4v) is 2.17. The summed E-state index contributed by atoms with van der Waals surface area (Å²) in [6, 6.07) is 10.5. The van der Waals surface area contributed by atoms with Crippen LogP contribution < -0.4 is 15.4 Å². The van der Waals surface area contributed by atoms with Gasteiger partial charge in [0.15, 0.2) is 0 Å². The van der Waals surface area contributed by atoms with Gasteiger partial charge in [0.25, 0.3) is 0 Å². The van der Waals surface area contributed by atoms with E-state index < -0.39 is 4.92 Å². The summed E-state index contributed by atoms with van der Waals surface area (Å²) in [5.41, 5.74) is 0.393. The normalized spacial score (nSPS) is 10.3. The number of anilines is 3. The topological polar surface area (TPSA) is 115 Å². The number of benzene rings is 1. The molecule has 0 unspecified atom stereocenters. The molecule has 3 rings (SSSR count). The predicted molar refractivity (Wildman–Crippen MR) is 91.0 cm³/mol. The van der Waals surface area contributed by atoms with E-state index in [1.165, 1.54) is 12.6 Å². The molecule has 0 aliphatic rings.